The first-order chi connectivity index (χ1) is 10.1. The highest BCUT2D eigenvalue weighted by atomic mass is 32.2. The van der Waals surface area contributed by atoms with Gasteiger partial charge in [-0.15, -0.1) is 0 Å². The molecule has 3 rings (SSSR count). The fourth-order valence-electron chi connectivity index (χ4n) is 2.60. The summed E-state index contributed by atoms with van der Waals surface area (Å²) in [7, 11) is -3.45. The molecule has 1 heterocycles. The van der Waals surface area contributed by atoms with Crippen LogP contribution in [0.1, 0.15) is 6.42 Å². The van der Waals surface area contributed by atoms with Crippen molar-refractivity contribution >= 4 is 38.2 Å². The van der Waals surface area contributed by atoms with Gasteiger partial charge >= 0.3 is 0 Å². The minimum atomic E-state index is -3.45. The van der Waals surface area contributed by atoms with Gasteiger partial charge < -0.3 is 5.73 Å². The summed E-state index contributed by atoms with van der Waals surface area (Å²) >= 11 is 1.81. The Bertz CT molecular complexity index is 751. The normalized spacial score (nSPS) is 17.7. The van der Waals surface area contributed by atoms with E-state index in [1.807, 2.05) is 23.9 Å². The fourth-order valence-corrected chi connectivity index (χ4v) is 5.30. The number of rotatable bonds is 2. The lowest BCUT2D eigenvalue weighted by Crippen LogP contribution is -2.33. The number of sulfonamides is 1. The van der Waals surface area contributed by atoms with E-state index in [1.54, 1.807) is 28.6 Å². The van der Waals surface area contributed by atoms with E-state index in [1.165, 1.54) is 0 Å². The van der Waals surface area contributed by atoms with Crippen molar-refractivity contribution in [1.82, 2.24) is 4.31 Å². The molecule has 0 radical (unpaired) electrons. The van der Waals surface area contributed by atoms with Gasteiger partial charge in [0.25, 0.3) is 0 Å². The zero-order chi connectivity index (χ0) is 14.9. The van der Waals surface area contributed by atoms with Gasteiger partial charge in [0.15, 0.2) is 0 Å². The molecular formula is C15H18N2O2S2. The molecule has 0 spiro atoms. The second-order valence-corrected chi connectivity index (χ2v) is 8.24. The molecule has 0 atom stereocenters. The predicted octanol–water partition coefficient (Wildman–Crippen LogP) is 2.55. The Labute approximate surface area is 129 Å². The van der Waals surface area contributed by atoms with Crippen molar-refractivity contribution in [2.24, 2.45) is 0 Å². The average molecular weight is 322 g/mol. The molecule has 2 N–H and O–H groups in total. The van der Waals surface area contributed by atoms with Gasteiger partial charge in [-0.25, -0.2) is 8.42 Å². The van der Waals surface area contributed by atoms with E-state index in [0.717, 1.165) is 28.7 Å². The topological polar surface area (TPSA) is 63.4 Å². The first-order valence-electron chi connectivity index (χ1n) is 6.95. The number of hydrogen-bond donors (Lipinski definition) is 1. The van der Waals surface area contributed by atoms with Crippen molar-refractivity contribution in [1.29, 1.82) is 0 Å². The van der Waals surface area contributed by atoms with Crippen molar-refractivity contribution in [3.8, 4) is 0 Å². The lowest BCUT2D eigenvalue weighted by atomic mass is 10.1. The van der Waals surface area contributed by atoms with Gasteiger partial charge in [0, 0.05) is 29.9 Å². The van der Waals surface area contributed by atoms with Crippen LogP contribution in [0.5, 0.6) is 0 Å². The molecule has 0 unspecified atom stereocenters. The van der Waals surface area contributed by atoms with Crippen LogP contribution in [0.25, 0.3) is 10.8 Å². The first-order valence-corrected chi connectivity index (χ1v) is 9.55. The number of hydrogen-bond acceptors (Lipinski definition) is 4. The number of nitrogen functional groups attached to an aromatic ring is 1. The predicted molar refractivity (Wildman–Crippen MR) is 89.1 cm³/mol. The Morgan fingerprint density at radius 2 is 1.95 bits per heavy atom. The molecule has 1 aliphatic rings. The lowest BCUT2D eigenvalue weighted by molar-refractivity contribution is 0.435. The molecule has 1 saturated heterocycles. The number of nitrogens with two attached hydrogens (primary N) is 1. The second kappa shape index (κ2) is 5.87. The van der Waals surface area contributed by atoms with Crippen LogP contribution in [0.4, 0.5) is 5.69 Å². The largest absolute Gasteiger partial charge is 0.399 e. The number of thioether (sulfide) groups is 1. The fraction of sp³-hybridized carbons (Fsp3) is 0.333. The SMILES string of the molecule is Nc1ccc2c(S(=O)(=O)N3CCCSCC3)cccc2c1. The van der Waals surface area contributed by atoms with Crippen LogP contribution in [0.2, 0.25) is 0 Å². The van der Waals surface area contributed by atoms with E-state index in [2.05, 4.69) is 0 Å². The third-order valence-electron chi connectivity index (χ3n) is 3.66. The van der Waals surface area contributed by atoms with Crippen LogP contribution in [-0.4, -0.2) is 37.3 Å². The number of fused-ring (bicyclic) bond motifs is 1. The minimum absolute atomic E-state index is 0.381. The van der Waals surface area contributed by atoms with E-state index in [9.17, 15) is 8.42 Å². The minimum Gasteiger partial charge on any atom is -0.399 e. The Morgan fingerprint density at radius 3 is 2.81 bits per heavy atom. The van der Waals surface area contributed by atoms with E-state index < -0.39 is 10.0 Å². The summed E-state index contributed by atoms with van der Waals surface area (Å²) in [6.07, 6.45) is 0.904. The van der Waals surface area contributed by atoms with Crippen molar-refractivity contribution in [2.45, 2.75) is 11.3 Å². The molecule has 0 bridgehead atoms. The van der Waals surface area contributed by atoms with Crippen molar-refractivity contribution < 1.29 is 8.42 Å². The number of nitrogens with zero attached hydrogens (tertiary/aromatic N) is 1. The van der Waals surface area contributed by atoms with Gasteiger partial charge in [0.05, 0.1) is 4.90 Å². The zero-order valence-electron chi connectivity index (χ0n) is 11.7. The second-order valence-electron chi connectivity index (χ2n) is 5.11. The van der Waals surface area contributed by atoms with E-state index in [-0.39, 0.29) is 0 Å². The van der Waals surface area contributed by atoms with Crippen molar-refractivity contribution in [3.05, 3.63) is 36.4 Å². The van der Waals surface area contributed by atoms with Gasteiger partial charge in [-0.2, -0.15) is 16.1 Å². The molecule has 4 nitrogen and oxygen atoms in total. The third-order valence-corrected chi connectivity index (χ3v) is 6.67. The van der Waals surface area contributed by atoms with Crippen molar-refractivity contribution in [3.63, 3.8) is 0 Å². The Balaban J connectivity index is 2.10. The van der Waals surface area contributed by atoms with Crippen LogP contribution in [-0.2, 0) is 10.0 Å². The summed E-state index contributed by atoms with van der Waals surface area (Å²) in [5.41, 5.74) is 6.43. The molecule has 0 aliphatic carbocycles. The molecule has 112 valence electrons. The smallest absolute Gasteiger partial charge is 0.243 e. The summed E-state index contributed by atoms with van der Waals surface area (Å²) in [5.74, 6) is 1.88. The molecule has 1 aliphatic heterocycles. The zero-order valence-corrected chi connectivity index (χ0v) is 13.3. The summed E-state index contributed by atoms with van der Waals surface area (Å²) in [4.78, 5) is 0.381. The standard InChI is InChI=1S/C15H18N2O2S2/c16-13-5-6-14-12(11-13)3-1-4-15(14)21(18,19)17-7-2-9-20-10-8-17/h1,3-6,11H,2,7-10,16H2. The highest BCUT2D eigenvalue weighted by Gasteiger charge is 2.26. The molecule has 0 aromatic heterocycles. The highest BCUT2D eigenvalue weighted by Crippen LogP contribution is 2.28. The summed E-state index contributed by atoms with van der Waals surface area (Å²) in [5, 5.41) is 1.60. The van der Waals surface area contributed by atoms with Crippen LogP contribution in [0, 0.1) is 0 Å². The monoisotopic (exact) mass is 322 g/mol. The Kier molecular flexibility index (Phi) is 4.10. The Hall–Kier alpha value is -1.24. The summed E-state index contributed by atoms with van der Waals surface area (Å²) in [6.45, 7) is 1.18. The molecule has 21 heavy (non-hydrogen) atoms. The number of benzene rings is 2. The maximum atomic E-state index is 12.9. The summed E-state index contributed by atoms with van der Waals surface area (Å²) in [6, 6.07) is 10.7. The molecule has 2 aromatic rings. The third kappa shape index (κ3) is 2.88. The van der Waals surface area contributed by atoms with Gasteiger partial charge in [-0.3, -0.25) is 0 Å². The maximum Gasteiger partial charge on any atom is 0.243 e. The van der Waals surface area contributed by atoms with E-state index in [0.29, 0.717) is 23.7 Å². The quantitative estimate of drug-likeness (QED) is 0.863. The maximum absolute atomic E-state index is 12.9. The van der Waals surface area contributed by atoms with Gasteiger partial charge in [0.2, 0.25) is 10.0 Å². The van der Waals surface area contributed by atoms with Crippen LogP contribution in [0.15, 0.2) is 41.3 Å². The van der Waals surface area contributed by atoms with Gasteiger partial charge in [-0.1, -0.05) is 18.2 Å². The molecule has 1 fully saturated rings. The van der Waals surface area contributed by atoms with Crippen LogP contribution < -0.4 is 5.73 Å². The molecule has 0 saturated carbocycles. The van der Waals surface area contributed by atoms with Crippen LogP contribution >= 0.6 is 11.8 Å². The molecular weight excluding hydrogens is 304 g/mol. The average Bonchev–Trinajstić information content (AvgIpc) is 2.75. The van der Waals surface area contributed by atoms with Gasteiger partial charge in [0.1, 0.15) is 0 Å². The summed E-state index contributed by atoms with van der Waals surface area (Å²) < 4.78 is 27.5. The van der Waals surface area contributed by atoms with E-state index in [4.69, 9.17) is 5.73 Å². The van der Waals surface area contributed by atoms with Crippen LogP contribution in [0.3, 0.4) is 0 Å². The van der Waals surface area contributed by atoms with Gasteiger partial charge in [-0.05, 0) is 35.8 Å². The molecule has 6 heteroatoms. The lowest BCUT2D eigenvalue weighted by Gasteiger charge is -2.20. The molecule has 0 amide bonds. The first kappa shape index (κ1) is 14.7. The number of anilines is 1. The highest BCUT2D eigenvalue weighted by molar-refractivity contribution is 7.99. The Morgan fingerprint density at radius 1 is 1.10 bits per heavy atom. The van der Waals surface area contributed by atoms with Crippen molar-refractivity contribution in [2.75, 3.05) is 30.3 Å². The molecule has 2 aromatic carbocycles. The van der Waals surface area contributed by atoms with E-state index >= 15 is 0 Å².